The lowest BCUT2D eigenvalue weighted by molar-refractivity contribution is -0.137. The summed E-state index contributed by atoms with van der Waals surface area (Å²) in [5.74, 6) is -1.25. The van der Waals surface area contributed by atoms with Gasteiger partial charge >= 0.3 is 6.18 Å². The van der Waals surface area contributed by atoms with Gasteiger partial charge in [-0.05, 0) is 30.5 Å². The van der Waals surface area contributed by atoms with Crippen LogP contribution in [-0.2, 0) is 15.8 Å². The summed E-state index contributed by atoms with van der Waals surface area (Å²) in [7, 11) is 0. The monoisotopic (exact) mass is 374 g/mol. The molecule has 6 nitrogen and oxygen atoms in total. The summed E-state index contributed by atoms with van der Waals surface area (Å²) in [6, 6.07) is 2.30. The molecule has 0 aliphatic carbocycles. The zero-order valence-corrected chi connectivity index (χ0v) is 15.0. The van der Waals surface area contributed by atoms with Gasteiger partial charge in [-0.3, -0.25) is 9.59 Å². The van der Waals surface area contributed by atoms with E-state index >= 15 is 0 Å². The van der Waals surface area contributed by atoms with Crippen molar-refractivity contribution >= 4 is 23.2 Å². The zero-order valence-electron chi connectivity index (χ0n) is 15.0. The third-order valence-electron chi connectivity index (χ3n) is 3.63. The molecule has 0 unspecified atom stereocenters. The van der Waals surface area contributed by atoms with Gasteiger partial charge in [-0.2, -0.15) is 13.2 Å². The van der Waals surface area contributed by atoms with Crippen molar-refractivity contribution in [2.45, 2.75) is 39.4 Å². The SMILES string of the molecule is CCCNc1ccc(C(F)(F)F)cc1NC(=O)CNC(=O)[C@@H](N)C(C)C. The van der Waals surface area contributed by atoms with Crippen LogP contribution in [0.1, 0.15) is 32.8 Å². The average Bonchev–Trinajstić information content (AvgIpc) is 2.56. The number of rotatable bonds is 8. The number of hydrogen-bond donors (Lipinski definition) is 4. The van der Waals surface area contributed by atoms with Crippen LogP contribution in [0.25, 0.3) is 0 Å². The molecule has 5 N–H and O–H groups in total. The molecule has 0 bridgehead atoms. The highest BCUT2D eigenvalue weighted by atomic mass is 19.4. The van der Waals surface area contributed by atoms with E-state index in [0.29, 0.717) is 12.2 Å². The van der Waals surface area contributed by atoms with Crippen LogP contribution in [-0.4, -0.2) is 30.9 Å². The molecule has 1 aromatic rings. The van der Waals surface area contributed by atoms with Crippen molar-refractivity contribution < 1.29 is 22.8 Å². The minimum absolute atomic E-state index is 0.000632. The van der Waals surface area contributed by atoms with Crippen LogP contribution >= 0.6 is 0 Å². The molecule has 1 rings (SSSR count). The molecule has 1 atom stereocenters. The number of hydrogen-bond acceptors (Lipinski definition) is 4. The molecule has 0 aliphatic heterocycles. The third-order valence-corrected chi connectivity index (χ3v) is 3.63. The van der Waals surface area contributed by atoms with E-state index in [4.69, 9.17) is 5.73 Å². The van der Waals surface area contributed by atoms with Gasteiger partial charge < -0.3 is 21.7 Å². The molecular weight excluding hydrogens is 349 g/mol. The highest BCUT2D eigenvalue weighted by molar-refractivity contribution is 5.97. The average molecular weight is 374 g/mol. The van der Waals surface area contributed by atoms with Crippen molar-refractivity contribution in [3.05, 3.63) is 23.8 Å². The van der Waals surface area contributed by atoms with Crippen LogP contribution in [0.15, 0.2) is 18.2 Å². The first-order valence-electron chi connectivity index (χ1n) is 8.34. The van der Waals surface area contributed by atoms with Crippen LogP contribution < -0.4 is 21.7 Å². The normalized spacial score (nSPS) is 12.6. The molecule has 0 fully saturated rings. The first kappa shape index (κ1) is 21.8. The van der Waals surface area contributed by atoms with Crippen molar-refractivity contribution in [2.24, 2.45) is 11.7 Å². The minimum Gasteiger partial charge on any atom is -0.383 e. The van der Waals surface area contributed by atoms with E-state index in [1.165, 1.54) is 6.07 Å². The number of carbonyl (C=O) groups excluding carboxylic acids is 2. The number of nitrogens with two attached hydrogens (primary N) is 1. The maximum Gasteiger partial charge on any atom is 0.416 e. The first-order chi connectivity index (χ1) is 12.1. The Morgan fingerprint density at radius 3 is 2.38 bits per heavy atom. The summed E-state index contributed by atoms with van der Waals surface area (Å²) in [6.07, 6.45) is -3.77. The number of benzene rings is 1. The van der Waals surface area contributed by atoms with E-state index in [0.717, 1.165) is 18.6 Å². The smallest absolute Gasteiger partial charge is 0.383 e. The van der Waals surface area contributed by atoms with Crippen LogP contribution in [0, 0.1) is 5.92 Å². The summed E-state index contributed by atoms with van der Waals surface area (Å²) in [5.41, 5.74) is 5.17. The number of alkyl halides is 3. The molecule has 26 heavy (non-hydrogen) atoms. The number of nitrogens with one attached hydrogen (secondary N) is 3. The van der Waals surface area contributed by atoms with Crippen LogP contribution in [0.3, 0.4) is 0 Å². The van der Waals surface area contributed by atoms with Crippen LogP contribution in [0.4, 0.5) is 24.5 Å². The van der Waals surface area contributed by atoms with Gasteiger partial charge in [0.15, 0.2) is 0 Å². The van der Waals surface area contributed by atoms with Crippen LogP contribution in [0.5, 0.6) is 0 Å². The molecule has 0 radical (unpaired) electrons. The molecule has 2 amide bonds. The lowest BCUT2D eigenvalue weighted by atomic mass is 10.1. The Labute approximate surface area is 150 Å². The van der Waals surface area contributed by atoms with Gasteiger partial charge in [0.2, 0.25) is 11.8 Å². The molecule has 0 saturated heterocycles. The van der Waals surface area contributed by atoms with Gasteiger partial charge in [0.25, 0.3) is 0 Å². The minimum atomic E-state index is -4.53. The topological polar surface area (TPSA) is 96.2 Å². The van der Waals surface area contributed by atoms with E-state index in [1.54, 1.807) is 13.8 Å². The summed E-state index contributed by atoms with van der Waals surface area (Å²) in [4.78, 5) is 23.8. The summed E-state index contributed by atoms with van der Waals surface area (Å²) in [5, 5.41) is 7.73. The fourth-order valence-electron chi connectivity index (χ4n) is 2.02. The fourth-order valence-corrected chi connectivity index (χ4v) is 2.02. The number of carbonyl (C=O) groups is 2. The van der Waals surface area contributed by atoms with E-state index < -0.39 is 29.6 Å². The molecule has 0 aromatic heterocycles. The summed E-state index contributed by atoms with van der Waals surface area (Å²) < 4.78 is 38.7. The Morgan fingerprint density at radius 2 is 1.85 bits per heavy atom. The van der Waals surface area contributed by atoms with Gasteiger partial charge in [0.05, 0.1) is 29.5 Å². The highest BCUT2D eigenvalue weighted by Crippen LogP contribution is 2.34. The van der Waals surface area contributed by atoms with Crippen molar-refractivity contribution in [2.75, 3.05) is 23.7 Å². The van der Waals surface area contributed by atoms with E-state index in [-0.39, 0.29) is 18.2 Å². The number of amides is 2. The second kappa shape index (κ2) is 9.42. The molecular formula is C17H25F3N4O2. The van der Waals surface area contributed by atoms with Crippen molar-refractivity contribution in [1.82, 2.24) is 5.32 Å². The van der Waals surface area contributed by atoms with Gasteiger partial charge in [-0.15, -0.1) is 0 Å². The third kappa shape index (κ3) is 6.55. The molecule has 0 spiro atoms. The zero-order chi connectivity index (χ0) is 19.9. The van der Waals surface area contributed by atoms with Crippen molar-refractivity contribution in [1.29, 1.82) is 0 Å². The summed E-state index contributed by atoms with van der Waals surface area (Å²) in [6.45, 7) is 5.58. The maximum absolute atomic E-state index is 12.9. The van der Waals surface area contributed by atoms with Crippen molar-refractivity contribution in [3.63, 3.8) is 0 Å². The Morgan fingerprint density at radius 1 is 1.19 bits per heavy atom. The molecule has 1 aromatic carbocycles. The second-order valence-corrected chi connectivity index (χ2v) is 6.22. The quantitative estimate of drug-likeness (QED) is 0.562. The predicted octanol–water partition coefficient (Wildman–Crippen LogP) is 2.57. The van der Waals surface area contributed by atoms with E-state index in [1.807, 2.05) is 6.92 Å². The molecule has 0 aliphatic rings. The molecule has 0 saturated carbocycles. The number of anilines is 2. The largest absolute Gasteiger partial charge is 0.416 e. The van der Waals surface area contributed by atoms with Gasteiger partial charge in [-0.1, -0.05) is 20.8 Å². The standard InChI is InChI=1S/C17H25F3N4O2/c1-4-7-22-12-6-5-11(17(18,19)20)8-13(12)24-14(25)9-23-16(26)15(21)10(2)3/h5-6,8,10,15,22H,4,7,9,21H2,1-3H3,(H,23,26)(H,24,25)/t15-/m0/s1. The molecule has 146 valence electrons. The van der Waals surface area contributed by atoms with E-state index in [2.05, 4.69) is 16.0 Å². The second-order valence-electron chi connectivity index (χ2n) is 6.22. The van der Waals surface area contributed by atoms with Gasteiger partial charge in [0.1, 0.15) is 0 Å². The Kier molecular flexibility index (Phi) is 7.88. The van der Waals surface area contributed by atoms with Gasteiger partial charge in [-0.25, -0.2) is 0 Å². The summed E-state index contributed by atoms with van der Waals surface area (Å²) >= 11 is 0. The highest BCUT2D eigenvalue weighted by Gasteiger charge is 2.31. The van der Waals surface area contributed by atoms with Gasteiger partial charge in [0, 0.05) is 6.54 Å². The Bertz CT molecular complexity index is 633. The van der Waals surface area contributed by atoms with Crippen LogP contribution in [0.2, 0.25) is 0 Å². The first-order valence-corrected chi connectivity index (χ1v) is 8.34. The fraction of sp³-hybridized carbons (Fsp3) is 0.529. The molecule has 0 heterocycles. The van der Waals surface area contributed by atoms with Crippen molar-refractivity contribution in [3.8, 4) is 0 Å². The lowest BCUT2D eigenvalue weighted by Gasteiger charge is -2.17. The Hall–Kier alpha value is -2.29. The molecule has 9 heteroatoms. The number of halogens is 3. The predicted molar refractivity (Wildman–Crippen MR) is 94.7 cm³/mol. The lowest BCUT2D eigenvalue weighted by Crippen LogP contribution is -2.46. The van der Waals surface area contributed by atoms with E-state index in [9.17, 15) is 22.8 Å². The maximum atomic E-state index is 12.9. The Balaban J connectivity index is 2.84.